The van der Waals surface area contributed by atoms with Gasteiger partial charge in [0.05, 0.1) is 5.56 Å². The summed E-state index contributed by atoms with van der Waals surface area (Å²) in [6, 6.07) is 11.7. The van der Waals surface area contributed by atoms with Gasteiger partial charge in [0, 0.05) is 39.0 Å². The summed E-state index contributed by atoms with van der Waals surface area (Å²) < 4.78 is 20.2. The number of benzene rings is 1. The molecule has 0 fully saturated rings. The van der Waals surface area contributed by atoms with E-state index in [-0.39, 0.29) is 11.3 Å². The van der Waals surface area contributed by atoms with Crippen LogP contribution >= 0.6 is 22.9 Å². The van der Waals surface area contributed by atoms with E-state index in [2.05, 4.69) is 4.98 Å². The van der Waals surface area contributed by atoms with Crippen LogP contribution in [0.2, 0.25) is 5.02 Å². The first-order valence-corrected chi connectivity index (χ1v) is 9.09. The van der Waals surface area contributed by atoms with Gasteiger partial charge in [-0.1, -0.05) is 23.7 Å². The molecular formula is C20H13ClFNO2S. The molecule has 0 aliphatic heterocycles. The maximum atomic E-state index is 14.5. The van der Waals surface area contributed by atoms with Gasteiger partial charge in [-0.05, 0) is 35.7 Å². The van der Waals surface area contributed by atoms with E-state index in [1.165, 1.54) is 17.4 Å². The summed E-state index contributed by atoms with van der Waals surface area (Å²) >= 11 is 7.38. The molecule has 0 aliphatic carbocycles. The summed E-state index contributed by atoms with van der Waals surface area (Å²) in [6.45, 7) is 0. The van der Waals surface area contributed by atoms with E-state index >= 15 is 0 Å². The predicted molar refractivity (Wildman–Crippen MR) is 101 cm³/mol. The Morgan fingerprint density at radius 2 is 2.04 bits per heavy atom. The van der Waals surface area contributed by atoms with Gasteiger partial charge in [0.25, 0.3) is 0 Å². The van der Waals surface area contributed by atoms with Crippen LogP contribution in [0.4, 0.5) is 4.39 Å². The third-order valence-corrected chi connectivity index (χ3v) is 5.20. The highest BCUT2D eigenvalue weighted by molar-refractivity contribution is 7.13. The third kappa shape index (κ3) is 3.05. The van der Waals surface area contributed by atoms with Gasteiger partial charge in [-0.3, -0.25) is 4.98 Å². The molecule has 1 unspecified atom stereocenters. The number of pyridine rings is 1. The van der Waals surface area contributed by atoms with Crippen molar-refractivity contribution >= 4 is 22.9 Å². The summed E-state index contributed by atoms with van der Waals surface area (Å²) in [7, 11) is 0. The van der Waals surface area contributed by atoms with Crippen LogP contribution in [0.5, 0.6) is 0 Å². The van der Waals surface area contributed by atoms with Crippen molar-refractivity contribution in [3.63, 3.8) is 0 Å². The molecule has 4 aromatic rings. The van der Waals surface area contributed by atoms with E-state index in [0.717, 1.165) is 10.4 Å². The molecular weight excluding hydrogens is 373 g/mol. The second-order valence-electron chi connectivity index (χ2n) is 5.68. The number of aromatic nitrogens is 1. The van der Waals surface area contributed by atoms with Crippen LogP contribution in [0.3, 0.4) is 0 Å². The topological polar surface area (TPSA) is 46.3 Å². The van der Waals surface area contributed by atoms with Gasteiger partial charge in [0.15, 0.2) is 0 Å². The highest BCUT2D eigenvalue weighted by Crippen LogP contribution is 2.42. The SMILES string of the molecule is OC(c1cccnc1)c1c(-c2cccs2)coc1-c1ccc(Cl)cc1F. The first-order chi connectivity index (χ1) is 12.6. The summed E-state index contributed by atoms with van der Waals surface area (Å²) in [5.41, 5.74) is 2.07. The van der Waals surface area contributed by atoms with Gasteiger partial charge in [0.2, 0.25) is 0 Å². The second kappa shape index (κ2) is 7.03. The molecule has 0 amide bonds. The monoisotopic (exact) mass is 385 g/mol. The largest absolute Gasteiger partial charge is 0.463 e. The van der Waals surface area contributed by atoms with Crippen molar-refractivity contribution in [2.45, 2.75) is 6.10 Å². The zero-order valence-electron chi connectivity index (χ0n) is 13.4. The molecule has 0 spiro atoms. The fourth-order valence-electron chi connectivity index (χ4n) is 2.85. The Kier molecular flexibility index (Phi) is 4.59. The first kappa shape index (κ1) is 17.0. The van der Waals surface area contributed by atoms with E-state index in [1.54, 1.807) is 42.9 Å². The van der Waals surface area contributed by atoms with Crippen LogP contribution in [-0.4, -0.2) is 10.1 Å². The molecule has 26 heavy (non-hydrogen) atoms. The molecule has 1 aromatic carbocycles. The quantitative estimate of drug-likeness (QED) is 0.472. The van der Waals surface area contributed by atoms with E-state index in [4.69, 9.17) is 16.0 Å². The lowest BCUT2D eigenvalue weighted by Crippen LogP contribution is -2.02. The Bertz CT molecular complexity index is 1030. The predicted octanol–water partition coefficient (Wildman–Crippen LogP) is 5.94. The number of hydrogen-bond donors (Lipinski definition) is 1. The molecule has 1 N–H and O–H groups in total. The number of halogens is 2. The van der Waals surface area contributed by atoms with Crippen molar-refractivity contribution in [3.8, 4) is 21.8 Å². The van der Waals surface area contributed by atoms with Crippen LogP contribution < -0.4 is 0 Å². The standard InChI is InChI=1S/C20H13ClFNO2S/c21-13-5-6-14(16(22)9-13)20-18(19(24)12-3-1-7-23-10-12)15(11-25-20)17-4-2-8-26-17/h1-11,19,24H. The van der Waals surface area contributed by atoms with Crippen molar-refractivity contribution in [2.75, 3.05) is 0 Å². The lowest BCUT2D eigenvalue weighted by Gasteiger charge is -2.13. The molecule has 1 atom stereocenters. The molecule has 3 nitrogen and oxygen atoms in total. The Morgan fingerprint density at radius 3 is 2.73 bits per heavy atom. The minimum atomic E-state index is -1.01. The number of furan rings is 1. The molecule has 6 heteroatoms. The molecule has 3 heterocycles. The van der Waals surface area contributed by atoms with Gasteiger partial charge in [-0.25, -0.2) is 4.39 Å². The van der Waals surface area contributed by atoms with Crippen LogP contribution in [-0.2, 0) is 0 Å². The van der Waals surface area contributed by atoms with E-state index in [1.807, 2.05) is 17.5 Å². The Labute approximate surface area is 158 Å². The third-order valence-electron chi connectivity index (χ3n) is 4.07. The highest BCUT2D eigenvalue weighted by Gasteiger charge is 2.26. The van der Waals surface area contributed by atoms with Crippen LogP contribution in [0.1, 0.15) is 17.2 Å². The lowest BCUT2D eigenvalue weighted by atomic mass is 9.95. The van der Waals surface area contributed by atoms with E-state index in [0.29, 0.717) is 16.1 Å². The van der Waals surface area contributed by atoms with Crippen LogP contribution in [0.15, 0.2) is 70.9 Å². The number of hydrogen-bond acceptors (Lipinski definition) is 4. The maximum absolute atomic E-state index is 14.5. The highest BCUT2D eigenvalue weighted by atomic mass is 35.5. The number of aliphatic hydroxyl groups excluding tert-OH is 1. The van der Waals surface area contributed by atoms with Crippen molar-refractivity contribution < 1.29 is 13.9 Å². The average molecular weight is 386 g/mol. The molecule has 130 valence electrons. The van der Waals surface area contributed by atoms with Gasteiger partial charge in [-0.15, -0.1) is 11.3 Å². The Morgan fingerprint density at radius 1 is 1.15 bits per heavy atom. The molecule has 0 radical (unpaired) electrons. The van der Waals surface area contributed by atoms with Crippen molar-refractivity contribution in [1.29, 1.82) is 0 Å². The molecule has 0 aliphatic rings. The smallest absolute Gasteiger partial charge is 0.143 e. The summed E-state index contributed by atoms with van der Waals surface area (Å²) in [5, 5.41) is 13.2. The number of aliphatic hydroxyl groups is 1. The molecule has 0 saturated heterocycles. The zero-order chi connectivity index (χ0) is 18.1. The second-order valence-corrected chi connectivity index (χ2v) is 7.07. The van der Waals surface area contributed by atoms with Crippen molar-refractivity contribution in [3.05, 3.63) is 88.5 Å². The summed E-state index contributed by atoms with van der Waals surface area (Å²) in [4.78, 5) is 4.98. The molecule has 0 bridgehead atoms. The Hall–Kier alpha value is -2.47. The van der Waals surface area contributed by atoms with Crippen molar-refractivity contribution in [2.24, 2.45) is 0 Å². The van der Waals surface area contributed by atoms with Crippen LogP contribution in [0, 0.1) is 5.82 Å². The van der Waals surface area contributed by atoms with Gasteiger partial charge < -0.3 is 9.52 Å². The molecule has 3 aromatic heterocycles. The average Bonchev–Trinajstić information content (AvgIpc) is 3.31. The molecule has 4 rings (SSSR count). The lowest BCUT2D eigenvalue weighted by molar-refractivity contribution is 0.220. The molecule has 0 saturated carbocycles. The van der Waals surface area contributed by atoms with Gasteiger partial charge in [-0.2, -0.15) is 0 Å². The van der Waals surface area contributed by atoms with Crippen molar-refractivity contribution in [1.82, 2.24) is 4.98 Å². The zero-order valence-corrected chi connectivity index (χ0v) is 15.0. The van der Waals surface area contributed by atoms with E-state index in [9.17, 15) is 9.50 Å². The van der Waals surface area contributed by atoms with E-state index < -0.39 is 11.9 Å². The fraction of sp³-hybridized carbons (Fsp3) is 0.0500. The van der Waals surface area contributed by atoms with Gasteiger partial charge >= 0.3 is 0 Å². The normalized spacial score (nSPS) is 12.3. The first-order valence-electron chi connectivity index (χ1n) is 7.84. The summed E-state index contributed by atoms with van der Waals surface area (Å²) in [5.74, 6) is -0.233. The van der Waals surface area contributed by atoms with Gasteiger partial charge in [0.1, 0.15) is 23.9 Å². The summed E-state index contributed by atoms with van der Waals surface area (Å²) in [6.07, 6.45) is 3.75. The minimum absolute atomic E-state index is 0.246. The number of thiophene rings is 1. The van der Waals surface area contributed by atoms with Crippen LogP contribution in [0.25, 0.3) is 21.8 Å². The maximum Gasteiger partial charge on any atom is 0.143 e. The number of rotatable bonds is 4. The Balaban J connectivity index is 1.93. The minimum Gasteiger partial charge on any atom is -0.463 e. The number of nitrogens with zero attached hydrogens (tertiary/aromatic N) is 1. The fourth-order valence-corrected chi connectivity index (χ4v) is 3.75.